The standard InChI is InChI=1S/C75H133N9O29/c1-49(88)23-11-9-7-5-6-8-10-12-28-62(98)84-75(46-105-40-29-59(95)76-32-17-13-24-53(92)25-14-18-37-108-72-63(81-50(2)89)69(102)66(99)54(43-85)111-72,47-106-41-30-60(96)79-35-21-33-77-57(93)26-15-19-38-109-73-64(82-51(3)90)70(103)67(100)55(44-86)112-73)48-107-42-31-61(97)80-36-22-34-78-58(94)27-16-20-39-110-74-65(83-52(4)91)71(104)68(101)56(45-87)113-74/h54-56,63-74,85-87,99-104H,5-48H2,1-4H3,(H,76,95)(H,77,93)(H,78,94)(H,79,96)(H,80,97)(H,81,89)(H,82,90)(H,83,91)(H,84,98)/t54?,55?,56?,63?,64?,65?,66-,67-,68-,69-,70-,71-,72-,73-,74-,75?/m1/s1. The average Bonchev–Trinajstić information content (AvgIpc) is 0.820. The van der Waals surface area contributed by atoms with Gasteiger partial charge in [-0.25, -0.2) is 0 Å². The van der Waals surface area contributed by atoms with Crippen molar-refractivity contribution in [3.05, 3.63) is 0 Å². The highest BCUT2D eigenvalue weighted by molar-refractivity contribution is 5.80. The largest absolute Gasteiger partial charge is 0.394 e. The molecule has 0 aliphatic carbocycles. The lowest BCUT2D eigenvalue weighted by Crippen LogP contribution is -2.64. The van der Waals surface area contributed by atoms with Gasteiger partial charge in [-0.3, -0.25) is 47.9 Å². The van der Waals surface area contributed by atoms with Gasteiger partial charge in [0, 0.05) is 131 Å². The van der Waals surface area contributed by atoms with Gasteiger partial charge in [-0.2, -0.15) is 0 Å². The Bertz CT molecular complexity index is 2520. The maximum absolute atomic E-state index is 13.9. The van der Waals surface area contributed by atoms with Gasteiger partial charge in [0.25, 0.3) is 0 Å². The number of aliphatic hydroxyl groups is 9. The van der Waals surface area contributed by atoms with Crippen LogP contribution in [0.1, 0.15) is 201 Å². The number of hydrogen-bond donors (Lipinski definition) is 18. The topological polar surface area (TPSA) is 561 Å². The van der Waals surface area contributed by atoms with Gasteiger partial charge >= 0.3 is 0 Å². The van der Waals surface area contributed by atoms with Crippen molar-refractivity contribution < 1.29 is 141 Å². The molecule has 0 spiro atoms. The van der Waals surface area contributed by atoms with Crippen molar-refractivity contribution in [2.24, 2.45) is 0 Å². The first-order valence-electron chi connectivity index (χ1n) is 40.1. The number of amides is 9. The van der Waals surface area contributed by atoms with Crippen LogP contribution in [-0.2, 0) is 95.4 Å². The van der Waals surface area contributed by atoms with Crippen LogP contribution in [0, 0.1) is 0 Å². The SMILES string of the molecule is CC(=O)CCCCCCCCCCC(=O)NC(COCCC(=O)NCCCCC(=O)CCCCO[C@@H]1OC(CO)[C@@H](O)[C@H](O)C1NC(C)=O)(COCCC(=O)NCCCNC(=O)CCCCO[C@@H]1OC(CO)[C@@H](O)[C@H](O)C1NC(C)=O)COCCC(=O)NCCCNC(=O)CCCCO[C@@H]1OC(CO)[C@@H](O)[C@H](O)C1NC(C)=O. The highest BCUT2D eigenvalue weighted by atomic mass is 16.7. The Labute approximate surface area is 662 Å². The number of carbonyl (C=O) groups excluding carboxylic acids is 11. The molecule has 38 nitrogen and oxygen atoms in total. The zero-order valence-electron chi connectivity index (χ0n) is 66.5. The second-order valence-corrected chi connectivity index (χ2v) is 29.0. The van der Waals surface area contributed by atoms with E-state index in [1.165, 1.54) is 20.8 Å². The summed E-state index contributed by atoms with van der Waals surface area (Å²) in [7, 11) is 0. The summed E-state index contributed by atoms with van der Waals surface area (Å²) in [5, 5.41) is 116. The predicted molar refractivity (Wildman–Crippen MR) is 403 cm³/mol. The molecule has 0 saturated carbocycles. The fourth-order valence-electron chi connectivity index (χ4n) is 12.6. The molecule has 15 atom stereocenters. The van der Waals surface area contributed by atoms with Gasteiger partial charge in [0.15, 0.2) is 18.9 Å². The minimum Gasteiger partial charge on any atom is -0.394 e. The Kier molecular flexibility index (Phi) is 53.2. The summed E-state index contributed by atoms with van der Waals surface area (Å²) >= 11 is 0. The van der Waals surface area contributed by atoms with Crippen LogP contribution in [0.25, 0.3) is 0 Å². The Morgan fingerprint density at radius 2 is 0.584 bits per heavy atom. The quantitative estimate of drug-likeness (QED) is 0.0271. The molecule has 6 unspecified atom stereocenters. The molecule has 0 aromatic carbocycles. The Hall–Kier alpha value is -6.15. The van der Waals surface area contributed by atoms with E-state index in [1.54, 1.807) is 6.92 Å². The first-order valence-corrected chi connectivity index (χ1v) is 40.1. The summed E-state index contributed by atoms with van der Waals surface area (Å²) in [4.78, 5) is 138. The van der Waals surface area contributed by atoms with E-state index in [4.69, 9.17) is 42.6 Å². The van der Waals surface area contributed by atoms with Crippen molar-refractivity contribution in [2.45, 2.75) is 299 Å². The monoisotopic (exact) mass is 1620 g/mol. The fourth-order valence-corrected chi connectivity index (χ4v) is 12.6. The zero-order valence-corrected chi connectivity index (χ0v) is 66.5. The zero-order chi connectivity index (χ0) is 83.4. The van der Waals surface area contributed by atoms with E-state index in [0.29, 0.717) is 77.0 Å². The van der Waals surface area contributed by atoms with Crippen molar-refractivity contribution in [1.29, 1.82) is 0 Å². The van der Waals surface area contributed by atoms with Crippen molar-refractivity contribution in [3.8, 4) is 0 Å². The van der Waals surface area contributed by atoms with Crippen molar-refractivity contribution in [3.63, 3.8) is 0 Å². The van der Waals surface area contributed by atoms with Crippen LogP contribution >= 0.6 is 0 Å². The van der Waals surface area contributed by atoms with Gasteiger partial charge in [-0.15, -0.1) is 0 Å². The summed E-state index contributed by atoms with van der Waals surface area (Å²) in [5.74, 6) is -3.19. The second-order valence-electron chi connectivity index (χ2n) is 29.0. The van der Waals surface area contributed by atoms with Crippen LogP contribution < -0.4 is 47.9 Å². The molecular weight excluding hydrogens is 1490 g/mol. The molecular formula is C75H133N9O29. The van der Waals surface area contributed by atoms with Crippen molar-refractivity contribution >= 4 is 64.7 Å². The van der Waals surface area contributed by atoms with Crippen LogP contribution in [0.4, 0.5) is 0 Å². The van der Waals surface area contributed by atoms with Crippen LogP contribution in [-0.4, -0.2) is 320 Å². The second kappa shape index (κ2) is 59.5. The van der Waals surface area contributed by atoms with Gasteiger partial charge < -0.3 is 141 Å². The van der Waals surface area contributed by atoms with Gasteiger partial charge in [0.2, 0.25) is 53.2 Å². The molecule has 0 aromatic rings. The molecule has 3 rings (SSSR count). The molecule has 3 aliphatic heterocycles. The number of aliphatic hydroxyl groups excluding tert-OH is 9. The lowest BCUT2D eigenvalue weighted by Gasteiger charge is -2.42. The van der Waals surface area contributed by atoms with E-state index >= 15 is 0 Å². The molecule has 0 aromatic heterocycles. The normalized spacial score (nSPS) is 24.1. The minimum absolute atomic E-state index is 0.00247. The molecule has 3 saturated heterocycles. The molecule has 3 heterocycles. The van der Waals surface area contributed by atoms with E-state index in [2.05, 4.69) is 47.9 Å². The maximum atomic E-state index is 13.9. The third-order valence-corrected chi connectivity index (χ3v) is 18.9. The molecule has 9 amide bonds. The number of unbranched alkanes of at least 4 members (excludes halogenated alkanes) is 11. The molecule has 0 radical (unpaired) electrons. The summed E-state index contributed by atoms with van der Waals surface area (Å²) in [6.45, 7) is 4.00. The van der Waals surface area contributed by atoms with Crippen molar-refractivity contribution in [1.82, 2.24) is 47.9 Å². The molecule has 113 heavy (non-hydrogen) atoms. The highest BCUT2D eigenvalue weighted by Crippen LogP contribution is 2.26. The Morgan fingerprint density at radius 3 is 0.903 bits per heavy atom. The number of carbonyl (C=O) groups is 11. The molecule has 0 bridgehead atoms. The molecule has 38 heteroatoms. The van der Waals surface area contributed by atoms with E-state index in [9.17, 15) is 98.7 Å². The Balaban J connectivity index is 1.55. The highest BCUT2D eigenvalue weighted by Gasteiger charge is 2.48. The van der Waals surface area contributed by atoms with Gasteiger partial charge in [0.1, 0.15) is 90.2 Å². The van der Waals surface area contributed by atoms with E-state index < -0.39 is 135 Å². The van der Waals surface area contributed by atoms with Crippen LogP contribution in [0.5, 0.6) is 0 Å². The van der Waals surface area contributed by atoms with Gasteiger partial charge in [-0.05, 0) is 84.0 Å². The number of Topliss-reactive ketones (excluding diaryl/α,β-unsaturated/α-hetero) is 2. The molecule has 3 aliphatic rings. The fraction of sp³-hybridized carbons (Fsp3) is 0.853. The Morgan fingerprint density at radius 1 is 0.310 bits per heavy atom. The smallest absolute Gasteiger partial charge is 0.222 e. The number of ketones is 2. The van der Waals surface area contributed by atoms with E-state index in [-0.39, 0.29) is 191 Å². The molecule has 652 valence electrons. The lowest BCUT2D eigenvalue weighted by molar-refractivity contribution is -0.270. The molecule has 3 fully saturated rings. The summed E-state index contributed by atoms with van der Waals surface area (Å²) in [5.41, 5.74) is -1.40. The van der Waals surface area contributed by atoms with Gasteiger partial charge in [-0.1, -0.05) is 38.5 Å². The average molecular weight is 1620 g/mol. The van der Waals surface area contributed by atoms with Crippen LogP contribution in [0.3, 0.4) is 0 Å². The summed E-state index contributed by atoms with van der Waals surface area (Å²) in [6, 6.07) is -3.26. The predicted octanol–water partition coefficient (Wildman–Crippen LogP) is -2.96. The third-order valence-electron chi connectivity index (χ3n) is 18.9. The number of hydrogen-bond acceptors (Lipinski definition) is 29. The first kappa shape index (κ1) is 101. The summed E-state index contributed by atoms with van der Waals surface area (Å²) < 4.78 is 52.2. The minimum atomic E-state index is -1.46. The van der Waals surface area contributed by atoms with Crippen LogP contribution in [0.2, 0.25) is 0 Å². The van der Waals surface area contributed by atoms with E-state index in [0.717, 1.165) is 44.9 Å². The number of rotatable bonds is 64. The van der Waals surface area contributed by atoms with Gasteiger partial charge in [0.05, 0.1) is 59.5 Å². The number of nitrogens with one attached hydrogen (secondary N) is 9. The van der Waals surface area contributed by atoms with E-state index in [1.807, 2.05) is 0 Å². The van der Waals surface area contributed by atoms with Crippen LogP contribution in [0.15, 0.2) is 0 Å². The maximum Gasteiger partial charge on any atom is 0.222 e. The first-order chi connectivity index (χ1) is 54.1. The summed E-state index contributed by atoms with van der Waals surface area (Å²) in [6.07, 6.45) is -2.96. The number of ether oxygens (including phenoxy) is 9. The third kappa shape index (κ3) is 43.6. The van der Waals surface area contributed by atoms with Crippen molar-refractivity contribution in [2.75, 3.05) is 112 Å². The molecule has 18 N–H and O–H groups in total. The lowest BCUT2D eigenvalue weighted by atomic mass is 9.97.